The smallest absolute Gasteiger partial charge is 0.120 e. The predicted molar refractivity (Wildman–Crippen MR) is 74.1 cm³/mol. The highest BCUT2D eigenvalue weighted by Gasteiger charge is 2.11. The fraction of sp³-hybridized carbons (Fsp3) is 0.400. The number of hydrogen-bond donors (Lipinski definition) is 1. The third-order valence-electron chi connectivity index (χ3n) is 2.79. The maximum atomic E-state index is 10.2. The summed E-state index contributed by atoms with van der Waals surface area (Å²) >= 11 is 0. The minimum Gasteiger partial charge on any atom is -0.491 e. The topological polar surface area (TPSA) is 47.3 Å². The lowest BCUT2D eigenvalue weighted by Crippen LogP contribution is -2.07. The maximum Gasteiger partial charge on any atom is 0.120 e. The van der Waals surface area contributed by atoms with Crippen LogP contribution in [0.1, 0.15) is 31.2 Å². The van der Waals surface area contributed by atoms with Gasteiger partial charge in [-0.2, -0.15) is 5.10 Å². The first kappa shape index (κ1) is 13.6. The van der Waals surface area contributed by atoms with Gasteiger partial charge in [-0.05, 0) is 37.6 Å². The summed E-state index contributed by atoms with van der Waals surface area (Å²) in [6.45, 7) is 3.97. The Labute approximate surface area is 113 Å². The fourth-order valence-corrected chi connectivity index (χ4v) is 1.96. The predicted octanol–water partition coefficient (Wildman–Crippen LogP) is 2.48. The summed E-state index contributed by atoms with van der Waals surface area (Å²) in [6, 6.07) is 9.50. The van der Waals surface area contributed by atoms with Gasteiger partial charge in [0.05, 0.1) is 17.9 Å². The first-order valence-electron chi connectivity index (χ1n) is 6.48. The molecule has 19 heavy (non-hydrogen) atoms. The van der Waals surface area contributed by atoms with Gasteiger partial charge < -0.3 is 9.84 Å². The number of aliphatic hydroxyl groups is 1. The average Bonchev–Trinajstić information content (AvgIpc) is 2.74. The highest BCUT2D eigenvalue weighted by atomic mass is 16.5. The van der Waals surface area contributed by atoms with Crippen molar-refractivity contribution in [1.82, 2.24) is 9.78 Å². The summed E-state index contributed by atoms with van der Waals surface area (Å²) in [4.78, 5) is 0. The Kier molecular flexibility index (Phi) is 4.22. The molecule has 102 valence electrons. The zero-order valence-corrected chi connectivity index (χ0v) is 11.6. The summed E-state index contributed by atoms with van der Waals surface area (Å²) in [6.07, 6.45) is 1.94. The lowest BCUT2D eigenvalue weighted by atomic mass is 10.0. The van der Waals surface area contributed by atoms with E-state index in [9.17, 15) is 5.11 Å². The van der Waals surface area contributed by atoms with Crippen LogP contribution in [0.25, 0.3) is 0 Å². The summed E-state index contributed by atoms with van der Waals surface area (Å²) in [7, 11) is 1.87. The monoisotopic (exact) mass is 260 g/mol. The Bertz CT molecular complexity index is 534. The zero-order chi connectivity index (χ0) is 13.8. The molecule has 0 bridgehead atoms. The molecule has 1 aromatic heterocycles. The summed E-state index contributed by atoms with van der Waals surface area (Å²) < 4.78 is 7.36. The third-order valence-corrected chi connectivity index (χ3v) is 2.79. The molecule has 1 N–H and O–H groups in total. The number of hydrogen-bond acceptors (Lipinski definition) is 3. The van der Waals surface area contributed by atoms with Crippen LogP contribution in [-0.2, 0) is 13.5 Å². The molecule has 0 spiro atoms. The van der Waals surface area contributed by atoms with Crippen molar-refractivity contribution >= 4 is 0 Å². The number of aryl methyl sites for hydroxylation is 1. The van der Waals surface area contributed by atoms with Gasteiger partial charge in [0.15, 0.2) is 0 Å². The summed E-state index contributed by atoms with van der Waals surface area (Å²) in [5.41, 5.74) is 1.73. The Balaban J connectivity index is 2.08. The van der Waals surface area contributed by atoms with Crippen LogP contribution in [0.2, 0.25) is 0 Å². The Morgan fingerprint density at radius 3 is 2.74 bits per heavy atom. The third kappa shape index (κ3) is 3.83. The number of nitrogens with zero attached hydrogens (tertiary/aromatic N) is 2. The van der Waals surface area contributed by atoms with Gasteiger partial charge in [-0.25, -0.2) is 0 Å². The van der Waals surface area contributed by atoms with Gasteiger partial charge in [-0.3, -0.25) is 4.68 Å². The lowest BCUT2D eigenvalue weighted by Gasteiger charge is -2.13. The molecule has 0 saturated heterocycles. The van der Waals surface area contributed by atoms with Crippen molar-refractivity contribution in [1.29, 1.82) is 0 Å². The van der Waals surface area contributed by atoms with E-state index in [2.05, 4.69) is 5.10 Å². The molecule has 1 aromatic carbocycles. The van der Waals surface area contributed by atoms with Crippen LogP contribution in [0.3, 0.4) is 0 Å². The van der Waals surface area contributed by atoms with Gasteiger partial charge in [0.25, 0.3) is 0 Å². The number of ether oxygens (including phenoxy) is 1. The number of rotatable bonds is 5. The van der Waals surface area contributed by atoms with Crippen molar-refractivity contribution in [3.05, 3.63) is 47.8 Å². The van der Waals surface area contributed by atoms with Gasteiger partial charge in [-0.15, -0.1) is 0 Å². The average molecular weight is 260 g/mol. The van der Waals surface area contributed by atoms with E-state index in [-0.39, 0.29) is 6.10 Å². The fourth-order valence-electron chi connectivity index (χ4n) is 1.96. The van der Waals surface area contributed by atoms with Gasteiger partial charge >= 0.3 is 0 Å². The van der Waals surface area contributed by atoms with Gasteiger partial charge in [0.2, 0.25) is 0 Å². The van der Waals surface area contributed by atoms with Crippen LogP contribution in [-0.4, -0.2) is 21.0 Å². The molecule has 1 unspecified atom stereocenters. The van der Waals surface area contributed by atoms with E-state index in [1.807, 2.05) is 57.4 Å². The molecule has 2 aromatic rings. The Morgan fingerprint density at radius 2 is 2.11 bits per heavy atom. The Morgan fingerprint density at radius 1 is 1.32 bits per heavy atom. The second-order valence-electron chi connectivity index (χ2n) is 4.94. The van der Waals surface area contributed by atoms with Crippen LogP contribution < -0.4 is 4.74 Å². The summed E-state index contributed by atoms with van der Waals surface area (Å²) in [5.74, 6) is 0.785. The summed E-state index contributed by atoms with van der Waals surface area (Å²) in [5, 5.41) is 14.5. The molecular weight excluding hydrogens is 240 g/mol. The SMILES string of the molecule is CC(C)Oc1cccc(C(O)Cc2ccn(C)n2)c1. The standard InChI is InChI=1S/C15H20N2O2/c1-11(2)19-14-6-4-5-12(9-14)15(18)10-13-7-8-17(3)16-13/h4-9,11,15,18H,10H2,1-3H3. The number of aromatic nitrogens is 2. The van der Waals surface area contributed by atoms with E-state index in [1.54, 1.807) is 4.68 Å². The van der Waals surface area contributed by atoms with Crippen LogP contribution in [0.4, 0.5) is 0 Å². The van der Waals surface area contributed by atoms with E-state index in [0.717, 1.165) is 17.0 Å². The zero-order valence-electron chi connectivity index (χ0n) is 11.6. The molecule has 0 aliphatic carbocycles. The highest BCUT2D eigenvalue weighted by Crippen LogP contribution is 2.22. The quantitative estimate of drug-likeness (QED) is 0.898. The van der Waals surface area contributed by atoms with Crippen molar-refractivity contribution in [2.45, 2.75) is 32.5 Å². The molecule has 2 rings (SSSR count). The molecular formula is C15H20N2O2. The van der Waals surface area contributed by atoms with Crippen molar-refractivity contribution < 1.29 is 9.84 Å². The normalized spacial score (nSPS) is 12.7. The molecule has 0 saturated carbocycles. The van der Waals surface area contributed by atoms with E-state index in [1.165, 1.54) is 0 Å². The second-order valence-corrected chi connectivity index (χ2v) is 4.94. The lowest BCUT2D eigenvalue weighted by molar-refractivity contribution is 0.175. The Hall–Kier alpha value is -1.81. The van der Waals surface area contributed by atoms with Crippen LogP contribution in [0, 0.1) is 0 Å². The van der Waals surface area contributed by atoms with Gasteiger partial charge in [0.1, 0.15) is 5.75 Å². The van der Waals surface area contributed by atoms with Crippen LogP contribution in [0.15, 0.2) is 36.5 Å². The molecule has 0 aliphatic rings. The molecule has 4 heteroatoms. The maximum absolute atomic E-state index is 10.2. The molecule has 0 fully saturated rings. The van der Waals surface area contributed by atoms with Crippen LogP contribution >= 0.6 is 0 Å². The molecule has 4 nitrogen and oxygen atoms in total. The van der Waals surface area contributed by atoms with E-state index < -0.39 is 6.10 Å². The highest BCUT2D eigenvalue weighted by molar-refractivity contribution is 5.30. The van der Waals surface area contributed by atoms with E-state index in [0.29, 0.717) is 6.42 Å². The van der Waals surface area contributed by atoms with Crippen molar-refractivity contribution in [3.8, 4) is 5.75 Å². The first-order chi connectivity index (χ1) is 9.04. The largest absolute Gasteiger partial charge is 0.491 e. The van der Waals surface area contributed by atoms with Gasteiger partial charge in [-0.1, -0.05) is 12.1 Å². The van der Waals surface area contributed by atoms with Crippen molar-refractivity contribution in [2.75, 3.05) is 0 Å². The number of aliphatic hydroxyl groups excluding tert-OH is 1. The molecule has 1 atom stereocenters. The molecule has 0 radical (unpaired) electrons. The van der Waals surface area contributed by atoms with Gasteiger partial charge in [0, 0.05) is 19.7 Å². The van der Waals surface area contributed by atoms with Crippen molar-refractivity contribution in [3.63, 3.8) is 0 Å². The minimum absolute atomic E-state index is 0.128. The van der Waals surface area contributed by atoms with E-state index >= 15 is 0 Å². The first-order valence-corrected chi connectivity index (χ1v) is 6.48. The number of benzene rings is 1. The molecule has 1 heterocycles. The van der Waals surface area contributed by atoms with E-state index in [4.69, 9.17) is 4.74 Å². The minimum atomic E-state index is -0.564. The molecule has 0 aliphatic heterocycles. The van der Waals surface area contributed by atoms with Crippen molar-refractivity contribution in [2.24, 2.45) is 7.05 Å². The second kappa shape index (κ2) is 5.89. The molecule has 0 amide bonds. The van der Waals surface area contributed by atoms with Crippen LogP contribution in [0.5, 0.6) is 5.75 Å².